The summed E-state index contributed by atoms with van der Waals surface area (Å²) in [6.07, 6.45) is 4.47. The van der Waals surface area contributed by atoms with E-state index in [1.807, 2.05) is 36.4 Å². The van der Waals surface area contributed by atoms with Crippen LogP contribution in [0.25, 0.3) is 0 Å². The third-order valence-corrected chi connectivity index (χ3v) is 6.15. The molecular formula is C23H25N3O3. The molecule has 1 aliphatic carbocycles. The van der Waals surface area contributed by atoms with E-state index < -0.39 is 17.2 Å². The Morgan fingerprint density at radius 3 is 1.55 bits per heavy atom. The number of para-hydroxylation sites is 2. The highest BCUT2D eigenvalue weighted by Gasteiger charge is 2.59. The highest BCUT2D eigenvalue weighted by Crippen LogP contribution is 2.47. The summed E-state index contributed by atoms with van der Waals surface area (Å²) in [6.45, 7) is 0. The number of hydrazine groups is 1. The maximum absolute atomic E-state index is 13.7. The molecule has 4 rings (SSSR count). The molecule has 3 amide bonds. The lowest BCUT2D eigenvalue weighted by molar-refractivity contribution is -0.144. The molecule has 150 valence electrons. The number of nitrogens with two attached hydrogens (primary N) is 1. The fourth-order valence-corrected chi connectivity index (χ4v) is 4.68. The average Bonchev–Trinajstić information content (AvgIpc) is 2.89. The van der Waals surface area contributed by atoms with Gasteiger partial charge in [-0.2, -0.15) is 0 Å². The molecule has 0 atom stereocenters. The maximum atomic E-state index is 13.7. The Hall–Kier alpha value is -3.15. The molecule has 2 N–H and O–H groups in total. The summed E-state index contributed by atoms with van der Waals surface area (Å²) in [6, 6.07) is 18.1. The Kier molecular flexibility index (Phi) is 5.09. The van der Waals surface area contributed by atoms with Gasteiger partial charge in [0.25, 0.3) is 11.8 Å². The van der Waals surface area contributed by atoms with Gasteiger partial charge in [0.1, 0.15) is 5.92 Å². The molecule has 6 heteroatoms. The van der Waals surface area contributed by atoms with Crippen molar-refractivity contribution in [3.8, 4) is 0 Å². The van der Waals surface area contributed by atoms with Gasteiger partial charge in [-0.25, -0.2) is 10.0 Å². The minimum absolute atomic E-state index is 0.384. The number of primary amides is 1. The maximum Gasteiger partial charge on any atom is 0.259 e. The van der Waals surface area contributed by atoms with Crippen molar-refractivity contribution in [1.82, 2.24) is 0 Å². The molecule has 6 nitrogen and oxygen atoms in total. The van der Waals surface area contributed by atoms with Gasteiger partial charge >= 0.3 is 0 Å². The number of carbonyl (C=O) groups is 3. The third-order valence-electron chi connectivity index (χ3n) is 6.15. The molecule has 1 aliphatic heterocycles. The van der Waals surface area contributed by atoms with Crippen LogP contribution in [-0.4, -0.2) is 17.7 Å². The first-order chi connectivity index (χ1) is 14.1. The minimum Gasteiger partial charge on any atom is -0.369 e. The van der Waals surface area contributed by atoms with Crippen molar-refractivity contribution in [1.29, 1.82) is 0 Å². The van der Waals surface area contributed by atoms with Crippen LogP contribution in [0.15, 0.2) is 60.7 Å². The Morgan fingerprint density at radius 1 is 0.759 bits per heavy atom. The van der Waals surface area contributed by atoms with Crippen molar-refractivity contribution in [2.24, 2.45) is 17.1 Å². The van der Waals surface area contributed by atoms with E-state index in [-0.39, 0.29) is 11.8 Å². The lowest BCUT2D eigenvalue weighted by Crippen LogP contribution is -2.48. The molecule has 1 saturated carbocycles. The number of rotatable bonds is 4. The highest BCUT2D eigenvalue weighted by atomic mass is 16.2. The molecule has 1 saturated heterocycles. The number of hydrogen-bond donors (Lipinski definition) is 1. The quantitative estimate of drug-likeness (QED) is 0.640. The number of anilines is 2. The first kappa shape index (κ1) is 19.2. The molecule has 29 heavy (non-hydrogen) atoms. The van der Waals surface area contributed by atoms with E-state index in [1.165, 1.54) is 10.0 Å². The van der Waals surface area contributed by atoms with E-state index in [4.69, 9.17) is 5.73 Å². The number of amides is 3. The summed E-state index contributed by atoms with van der Waals surface area (Å²) in [5.41, 5.74) is 5.90. The molecule has 2 aromatic rings. The van der Waals surface area contributed by atoms with Gasteiger partial charge in [0, 0.05) is 0 Å². The van der Waals surface area contributed by atoms with Crippen LogP contribution < -0.4 is 15.8 Å². The summed E-state index contributed by atoms with van der Waals surface area (Å²) in [5, 5.41) is 2.80. The van der Waals surface area contributed by atoms with Crippen molar-refractivity contribution in [2.45, 2.75) is 38.5 Å². The van der Waals surface area contributed by atoms with Crippen molar-refractivity contribution in [3.63, 3.8) is 0 Å². The first-order valence-corrected chi connectivity index (χ1v) is 10.1. The lowest BCUT2D eigenvalue weighted by Gasteiger charge is -2.32. The summed E-state index contributed by atoms with van der Waals surface area (Å²) >= 11 is 0. The van der Waals surface area contributed by atoms with Crippen LogP contribution in [0.4, 0.5) is 11.4 Å². The van der Waals surface area contributed by atoms with Crippen molar-refractivity contribution >= 4 is 29.1 Å². The number of carbonyl (C=O) groups excluding carboxylic acids is 3. The van der Waals surface area contributed by atoms with Crippen LogP contribution >= 0.6 is 0 Å². The minimum atomic E-state index is -1.14. The SMILES string of the molecule is NC(=O)C1(C2C(=O)N(c3ccccc3)N(c3ccccc3)C2=O)CCCCCC1. The summed E-state index contributed by atoms with van der Waals surface area (Å²) in [4.78, 5) is 40.0. The van der Waals surface area contributed by atoms with Gasteiger partial charge in [0.05, 0.1) is 16.8 Å². The zero-order chi connectivity index (χ0) is 20.4. The predicted molar refractivity (Wildman–Crippen MR) is 111 cm³/mol. The number of benzene rings is 2. The summed E-state index contributed by atoms with van der Waals surface area (Å²) in [5.74, 6) is -2.41. The molecule has 0 unspecified atom stereocenters. The van der Waals surface area contributed by atoms with Crippen LogP contribution in [-0.2, 0) is 14.4 Å². The summed E-state index contributed by atoms with van der Waals surface area (Å²) in [7, 11) is 0. The second kappa shape index (κ2) is 7.70. The second-order valence-electron chi connectivity index (χ2n) is 7.84. The fourth-order valence-electron chi connectivity index (χ4n) is 4.68. The zero-order valence-electron chi connectivity index (χ0n) is 16.3. The second-order valence-corrected chi connectivity index (χ2v) is 7.84. The van der Waals surface area contributed by atoms with Crippen molar-refractivity contribution in [3.05, 3.63) is 60.7 Å². The van der Waals surface area contributed by atoms with Crippen molar-refractivity contribution < 1.29 is 14.4 Å². The van der Waals surface area contributed by atoms with E-state index in [0.29, 0.717) is 24.2 Å². The molecular weight excluding hydrogens is 366 g/mol. The third kappa shape index (κ3) is 3.18. The topological polar surface area (TPSA) is 83.7 Å². The van der Waals surface area contributed by atoms with E-state index in [2.05, 4.69) is 0 Å². The van der Waals surface area contributed by atoms with Gasteiger partial charge < -0.3 is 5.73 Å². The molecule has 0 aromatic heterocycles. The van der Waals surface area contributed by atoms with E-state index in [0.717, 1.165) is 25.7 Å². The Labute approximate surface area is 170 Å². The Balaban J connectivity index is 1.85. The van der Waals surface area contributed by atoms with Crippen molar-refractivity contribution in [2.75, 3.05) is 10.0 Å². The molecule has 0 spiro atoms. The Bertz CT molecular complexity index is 848. The van der Waals surface area contributed by atoms with Gasteiger partial charge in [-0.05, 0) is 37.1 Å². The zero-order valence-corrected chi connectivity index (χ0v) is 16.3. The largest absolute Gasteiger partial charge is 0.369 e. The smallest absolute Gasteiger partial charge is 0.259 e. The van der Waals surface area contributed by atoms with Gasteiger partial charge in [0.2, 0.25) is 5.91 Å². The average molecular weight is 391 g/mol. The van der Waals surface area contributed by atoms with Gasteiger partial charge in [-0.1, -0.05) is 62.1 Å². The normalized spacial score (nSPS) is 20.0. The van der Waals surface area contributed by atoms with Crippen LogP contribution in [0.5, 0.6) is 0 Å². The first-order valence-electron chi connectivity index (χ1n) is 10.1. The number of nitrogens with zero attached hydrogens (tertiary/aromatic N) is 2. The van der Waals surface area contributed by atoms with Gasteiger partial charge in [-0.3, -0.25) is 14.4 Å². The van der Waals surface area contributed by atoms with Crippen LogP contribution in [0.1, 0.15) is 38.5 Å². The van der Waals surface area contributed by atoms with Gasteiger partial charge in [-0.15, -0.1) is 0 Å². The molecule has 2 fully saturated rings. The lowest BCUT2D eigenvalue weighted by atomic mass is 9.68. The van der Waals surface area contributed by atoms with Gasteiger partial charge in [0.15, 0.2) is 0 Å². The Morgan fingerprint density at radius 2 is 1.17 bits per heavy atom. The van der Waals surface area contributed by atoms with E-state index in [9.17, 15) is 14.4 Å². The molecule has 1 heterocycles. The number of hydrogen-bond acceptors (Lipinski definition) is 3. The molecule has 2 aromatic carbocycles. The summed E-state index contributed by atoms with van der Waals surface area (Å²) < 4.78 is 0. The molecule has 2 aliphatic rings. The van der Waals surface area contributed by atoms with E-state index in [1.54, 1.807) is 24.3 Å². The fraction of sp³-hybridized carbons (Fsp3) is 0.348. The highest BCUT2D eigenvalue weighted by molar-refractivity contribution is 6.25. The standard InChI is InChI=1S/C23H25N3O3/c24-22(29)23(15-9-1-2-10-16-23)19-20(27)25(17-11-5-3-6-12-17)26(21(19)28)18-13-7-4-8-14-18/h3-8,11-14,19H,1-2,9-10,15-16H2,(H2,24,29). The van der Waals surface area contributed by atoms with Crippen LogP contribution in [0.2, 0.25) is 0 Å². The molecule has 0 bridgehead atoms. The monoisotopic (exact) mass is 391 g/mol. The van der Waals surface area contributed by atoms with E-state index >= 15 is 0 Å². The molecule has 0 radical (unpaired) electrons. The van der Waals surface area contributed by atoms with Crippen LogP contribution in [0, 0.1) is 11.3 Å². The van der Waals surface area contributed by atoms with Crippen LogP contribution in [0.3, 0.4) is 0 Å². The predicted octanol–water partition coefficient (Wildman–Crippen LogP) is 3.42.